The van der Waals surface area contributed by atoms with E-state index in [1.165, 1.54) is 11.3 Å². The lowest BCUT2D eigenvalue weighted by atomic mass is 9.96. The quantitative estimate of drug-likeness (QED) is 0.531. The van der Waals surface area contributed by atoms with Gasteiger partial charge in [0.2, 0.25) is 5.82 Å². The van der Waals surface area contributed by atoms with Crippen LogP contribution < -0.4 is 16.8 Å². The molecule has 6 nitrogen and oxygen atoms in total. The molecular formula is C11H14N4O2S. The first-order valence-electron chi connectivity index (χ1n) is 5.65. The fraction of sp³-hybridized carbons (Fsp3) is 0.455. The first-order chi connectivity index (χ1) is 8.50. The highest BCUT2D eigenvalue weighted by Crippen LogP contribution is 2.36. The fourth-order valence-corrected chi connectivity index (χ4v) is 3.23. The van der Waals surface area contributed by atoms with Crippen LogP contribution in [0.25, 0.3) is 10.3 Å². The van der Waals surface area contributed by atoms with Gasteiger partial charge in [-0.2, -0.15) is 0 Å². The Hall–Kier alpha value is -1.44. The first-order valence-corrected chi connectivity index (χ1v) is 6.47. The fourth-order valence-electron chi connectivity index (χ4n) is 2.17. The first kappa shape index (κ1) is 11.6. The van der Waals surface area contributed by atoms with Crippen molar-refractivity contribution in [3.8, 4) is 0 Å². The topological polar surface area (TPSA) is 93.0 Å². The van der Waals surface area contributed by atoms with Gasteiger partial charge in [-0.3, -0.25) is 4.79 Å². The minimum Gasteiger partial charge on any atom is -0.370 e. The van der Waals surface area contributed by atoms with Crippen LogP contribution in [0.5, 0.6) is 0 Å². The van der Waals surface area contributed by atoms with Gasteiger partial charge in [0.05, 0.1) is 17.7 Å². The molecular weight excluding hydrogens is 252 g/mol. The zero-order chi connectivity index (χ0) is 12.9. The lowest BCUT2D eigenvalue weighted by molar-refractivity contribution is -0.0379. The SMILES string of the molecule is CC1(C)Cc2c(sc3nc(NN)c(=O)[nH]c23)CO1. The summed E-state index contributed by atoms with van der Waals surface area (Å²) in [5, 5.41) is 0. The van der Waals surface area contributed by atoms with Crippen molar-refractivity contribution in [1.29, 1.82) is 0 Å². The number of nitrogens with one attached hydrogen (secondary N) is 2. The number of hydrogen-bond acceptors (Lipinski definition) is 6. The molecule has 2 aromatic heterocycles. The van der Waals surface area contributed by atoms with Crippen LogP contribution in [0.1, 0.15) is 24.3 Å². The number of thiophene rings is 1. The molecule has 0 saturated carbocycles. The molecule has 7 heteroatoms. The van der Waals surface area contributed by atoms with Gasteiger partial charge >= 0.3 is 0 Å². The predicted molar refractivity (Wildman–Crippen MR) is 70.6 cm³/mol. The van der Waals surface area contributed by atoms with Crippen molar-refractivity contribution >= 4 is 27.5 Å². The van der Waals surface area contributed by atoms with E-state index in [9.17, 15) is 4.79 Å². The van der Waals surface area contributed by atoms with Gasteiger partial charge in [-0.05, 0) is 19.4 Å². The van der Waals surface area contributed by atoms with E-state index >= 15 is 0 Å². The smallest absolute Gasteiger partial charge is 0.292 e. The van der Waals surface area contributed by atoms with Crippen LogP contribution in [-0.2, 0) is 17.8 Å². The van der Waals surface area contributed by atoms with Gasteiger partial charge in [0.1, 0.15) is 4.83 Å². The van der Waals surface area contributed by atoms with E-state index in [0.29, 0.717) is 6.61 Å². The van der Waals surface area contributed by atoms with Crippen LogP contribution in [0.15, 0.2) is 4.79 Å². The number of rotatable bonds is 1. The average Bonchev–Trinajstić information content (AvgIpc) is 2.64. The van der Waals surface area contributed by atoms with Crippen molar-refractivity contribution in [3.63, 3.8) is 0 Å². The van der Waals surface area contributed by atoms with Gasteiger partial charge in [0.25, 0.3) is 5.56 Å². The van der Waals surface area contributed by atoms with E-state index in [-0.39, 0.29) is 17.0 Å². The van der Waals surface area contributed by atoms with Crippen molar-refractivity contribution in [2.24, 2.45) is 5.84 Å². The molecule has 0 atom stereocenters. The molecule has 96 valence electrons. The summed E-state index contributed by atoms with van der Waals surface area (Å²) >= 11 is 1.54. The Balaban J connectivity index is 2.24. The number of aromatic nitrogens is 2. The minimum absolute atomic E-state index is 0.140. The second-order valence-electron chi connectivity index (χ2n) is 4.97. The summed E-state index contributed by atoms with van der Waals surface area (Å²) in [6, 6.07) is 0. The Morgan fingerprint density at radius 3 is 3.06 bits per heavy atom. The second-order valence-corrected chi connectivity index (χ2v) is 6.05. The normalized spacial score (nSPS) is 17.7. The van der Waals surface area contributed by atoms with Crippen molar-refractivity contribution in [2.45, 2.75) is 32.5 Å². The highest BCUT2D eigenvalue weighted by atomic mass is 32.1. The molecule has 1 aliphatic rings. The molecule has 0 unspecified atom stereocenters. The molecule has 3 rings (SSSR count). The van der Waals surface area contributed by atoms with E-state index in [4.69, 9.17) is 10.6 Å². The summed E-state index contributed by atoms with van der Waals surface area (Å²) < 4.78 is 5.76. The Labute approximate surface area is 107 Å². The average molecular weight is 266 g/mol. The van der Waals surface area contributed by atoms with Crippen LogP contribution in [0.4, 0.5) is 5.82 Å². The third kappa shape index (κ3) is 1.71. The molecule has 4 N–H and O–H groups in total. The van der Waals surface area contributed by atoms with Gasteiger partial charge in [0, 0.05) is 11.3 Å². The molecule has 0 radical (unpaired) electrons. The van der Waals surface area contributed by atoms with E-state index < -0.39 is 0 Å². The molecule has 0 spiro atoms. The maximum atomic E-state index is 11.7. The zero-order valence-corrected chi connectivity index (χ0v) is 11.0. The van der Waals surface area contributed by atoms with Crippen LogP contribution in [0.3, 0.4) is 0 Å². The molecule has 3 heterocycles. The van der Waals surface area contributed by atoms with Gasteiger partial charge in [-0.25, -0.2) is 10.8 Å². The summed E-state index contributed by atoms with van der Waals surface area (Å²) in [5.74, 6) is 5.39. The minimum atomic E-state index is -0.296. The zero-order valence-electron chi connectivity index (χ0n) is 10.2. The maximum absolute atomic E-state index is 11.7. The van der Waals surface area contributed by atoms with Gasteiger partial charge < -0.3 is 15.1 Å². The highest BCUT2D eigenvalue weighted by molar-refractivity contribution is 7.18. The Kier molecular flexibility index (Phi) is 2.44. The van der Waals surface area contributed by atoms with E-state index in [0.717, 1.165) is 27.2 Å². The Morgan fingerprint density at radius 2 is 2.33 bits per heavy atom. The number of nitrogens with zero attached hydrogens (tertiary/aromatic N) is 1. The lowest BCUT2D eigenvalue weighted by Gasteiger charge is -2.29. The molecule has 2 aromatic rings. The van der Waals surface area contributed by atoms with E-state index in [2.05, 4.69) is 15.4 Å². The molecule has 0 amide bonds. The lowest BCUT2D eigenvalue weighted by Crippen LogP contribution is -2.31. The third-order valence-corrected chi connectivity index (χ3v) is 4.17. The number of anilines is 1. The highest BCUT2D eigenvalue weighted by Gasteiger charge is 2.30. The summed E-state index contributed by atoms with van der Waals surface area (Å²) in [7, 11) is 0. The van der Waals surface area contributed by atoms with E-state index in [1.807, 2.05) is 13.8 Å². The van der Waals surface area contributed by atoms with Gasteiger partial charge in [-0.15, -0.1) is 11.3 Å². The molecule has 0 bridgehead atoms. The van der Waals surface area contributed by atoms with Gasteiger partial charge in [0.15, 0.2) is 0 Å². The van der Waals surface area contributed by atoms with Crippen molar-refractivity contribution in [1.82, 2.24) is 9.97 Å². The molecule has 0 aromatic carbocycles. The van der Waals surface area contributed by atoms with Gasteiger partial charge in [-0.1, -0.05) is 0 Å². The summed E-state index contributed by atoms with van der Waals surface area (Å²) in [6.07, 6.45) is 0.773. The van der Waals surface area contributed by atoms with E-state index in [1.54, 1.807) is 0 Å². The number of ether oxygens (including phenoxy) is 1. The van der Waals surface area contributed by atoms with Crippen molar-refractivity contribution < 1.29 is 4.74 Å². The van der Waals surface area contributed by atoms with Crippen molar-refractivity contribution in [2.75, 3.05) is 5.43 Å². The number of H-pyrrole nitrogens is 1. The summed E-state index contributed by atoms with van der Waals surface area (Å²) in [5.41, 5.74) is 3.76. The van der Waals surface area contributed by atoms with Crippen LogP contribution in [0, 0.1) is 0 Å². The monoisotopic (exact) mass is 266 g/mol. The predicted octanol–water partition coefficient (Wildman–Crippen LogP) is 1.12. The number of nitrogens with two attached hydrogens (primary N) is 1. The van der Waals surface area contributed by atoms with Crippen molar-refractivity contribution in [3.05, 3.63) is 20.8 Å². The largest absolute Gasteiger partial charge is 0.370 e. The van der Waals surface area contributed by atoms with Crippen LogP contribution >= 0.6 is 11.3 Å². The standard InChI is InChI=1S/C11H14N4O2S/c1-11(2)3-5-6(4-17-11)18-10-7(5)13-9(16)8(14-10)15-12/h3-4,12H2,1-2H3,(H,13,16)(H,14,15). The number of hydrogen-bond donors (Lipinski definition) is 3. The number of hydrazine groups is 1. The number of fused-ring (bicyclic) bond motifs is 3. The molecule has 0 saturated heterocycles. The number of nitrogen functional groups attached to an aromatic ring is 1. The molecule has 18 heavy (non-hydrogen) atoms. The molecule has 0 fully saturated rings. The molecule has 1 aliphatic heterocycles. The molecule has 0 aliphatic carbocycles. The second kappa shape index (κ2) is 3.78. The maximum Gasteiger partial charge on any atom is 0.292 e. The summed E-state index contributed by atoms with van der Waals surface area (Å²) in [6.45, 7) is 4.65. The third-order valence-electron chi connectivity index (χ3n) is 3.07. The Bertz CT molecular complexity index is 673. The Morgan fingerprint density at radius 1 is 1.56 bits per heavy atom. The number of aromatic amines is 1. The van der Waals surface area contributed by atoms with Crippen LogP contribution in [0.2, 0.25) is 0 Å². The van der Waals surface area contributed by atoms with Crippen LogP contribution in [-0.4, -0.2) is 15.6 Å². The summed E-state index contributed by atoms with van der Waals surface area (Å²) in [4.78, 5) is 20.7.